The molecule has 0 heterocycles. The predicted molar refractivity (Wildman–Crippen MR) is 103 cm³/mol. The summed E-state index contributed by atoms with van der Waals surface area (Å²) in [6.45, 7) is 6.20. The van der Waals surface area contributed by atoms with Gasteiger partial charge in [-0.05, 0) is 35.7 Å². The molecular weight excluding hydrogens is 348 g/mol. The molecule has 2 aromatic rings. The topological polar surface area (TPSA) is 66.5 Å². The van der Waals surface area contributed by atoms with Crippen LogP contribution in [-0.4, -0.2) is 32.2 Å². The van der Waals surface area contributed by atoms with Crippen molar-refractivity contribution in [1.82, 2.24) is 9.62 Å². The van der Waals surface area contributed by atoms with E-state index in [1.165, 1.54) is 29.0 Å². The first kappa shape index (κ1) is 19.9. The van der Waals surface area contributed by atoms with Crippen LogP contribution in [0.15, 0.2) is 66.1 Å². The van der Waals surface area contributed by atoms with E-state index in [4.69, 9.17) is 0 Å². The number of amides is 1. The van der Waals surface area contributed by atoms with Crippen LogP contribution in [0.2, 0.25) is 0 Å². The molecule has 0 aliphatic heterocycles. The van der Waals surface area contributed by atoms with Crippen LogP contribution in [-0.2, 0) is 23.0 Å². The Morgan fingerprint density at radius 2 is 1.81 bits per heavy atom. The van der Waals surface area contributed by atoms with E-state index in [2.05, 4.69) is 18.8 Å². The molecule has 1 amide bonds. The zero-order chi connectivity index (χ0) is 19.2. The number of aryl methyl sites for hydroxylation is 1. The molecule has 138 valence electrons. The summed E-state index contributed by atoms with van der Waals surface area (Å²) in [5.74, 6) is -0.334. The fourth-order valence-electron chi connectivity index (χ4n) is 2.47. The van der Waals surface area contributed by atoms with E-state index in [1.807, 2.05) is 24.3 Å². The van der Waals surface area contributed by atoms with Crippen molar-refractivity contribution in [2.45, 2.75) is 24.8 Å². The van der Waals surface area contributed by atoms with E-state index in [1.54, 1.807) is 18.2 Å². The largest absolute Gasteiger partial charge is 0.349 e. The monoisotopic (exact) mass is 372 g/mol. The van der Waals surface area contributed by atoms with Crippen molar-refractivity contribution in [3.63, 3.8) is 0 Å². The van der Waals surface area contributed by atoms with Gasteiger partial charge < -0.3 is 5.32 Å². The summed E-state index contributed by atoms with van der Waals surface area (Å²) < 4.78 is 26.9. The lowest BCUT2D eigenvalue weighted by atomic mass is 10.1. The smallest absolute Gasteiger partial charge is 0.251 e. The maximum Gasteiger partial charge on any atom is 0.251 e. The summed E-state index contributed by atoms with van der Waals surface area (Å²) in [5, 5.41) is 2.64. The van der Waals surface area contributed by atoms with Crippen molar-refractivity contribution >= 4 is 15.9 Å². The van der Waals surface area contributed by atoms with Gasteiger partial charge in [-0.2, -0.15) is 4.31 Å². The third kappa shape index (κ3) is 4.80. The van der Waals surface area contributed by atoms with Crippen LogP contribution in [0.5, 0.6) is 0 Å². The second kappa shape index (κ2) is 8.78. The molecule has 0 aliphatic rings. The first-order valence-corrected chi connectivity index (χ1v) is 9.85. The average molecular weight is 372 g/mol. The highest BCUT2D eigenvalue weighted by atomic mass is 32.2. The third-order valence-corrected chi connectivity index (χ3v) is 5.85. The quantitative estimate of drug-likeness (QED) is 0.725. The van der Waals surface area contributed by atoms with Gasteiger partial charge in [0.1, 0.15) is 0 Å². The molecule has 5 nitrogen and oxygen atoms in total. The molecule has 0 bridgehead atoms. The molecule has 0 fully saturated rings. The molecule has 0 aromatic heterocycles. The van der Waals surface area contributed by atoms with Crippen LogP contribution >= 0.6 is 0 Å². The van der Waals surface area contributed by atoms with Gasteiger partial charge in [-0.15, -0.1) is 6.58 Å². The van der Waals surface area contributed by atoms with Gasteiger partial charge in [-0.1, -0.05) is 43.3 Å². The fraction of sp³-hybridized carbons (Fsp3) is 0.250. The van der Waals surface area contributed by atoms with Crippen molar-refractivity contribution in [2.75, 3.05) is 13.6 Å². The Morgan fingerprint density at radius 1 is 1.15 bits per heavy atom. The van der Waals surface area contributed by atoms with Crippen molar-refractivity contribution in [2.24, 2.45) is 0 Å². The summed E-state index contributed by atoms with van der Waals surface area (Å²) in [5.41, 5.74) is 2.42. The lowest BCUT2D eigenvalue weighted by Crippen LogP contribution is -2.27. The minimum atomic E-state index is -3.70. The number of rotatable bonds is 8. The number of carbonyl (C=O) groups excluding carboxylic acids is 1. The highest BCUT2D eigenvalue weighted by molar-refractivity contribution is 7.89. The molecule has 6 heteroatoms. The number of nitrogens with zero attached hydrogens (tertiary/aromatic N) is 1. The Kier molecular flexibility index (Phi) is 6.71. The summed E-state index contributed by atoms with van der Waals surface area (Å²) in [4.78, 5) is 12.1. The second-order valence-electron chi connectivity index (χ2n) is 5.96. The maximum atomic E-state index is 12.8. The molecule has 0 unspecified atom stereocenters. The van der Waals surface area contributed by atoms with Crippen LogP contribution in [0, 0.1) is 0 Å². The van der Waals surface area contributed by atoms with Gasteiger partial charge in [0.05, 0.1) is 4.90 Å². The summed E-state index contributed by atoms with van der Waals surface area (Å²) in [6.07, 6.45) is 2.51. The van der Waals surface area contributed by atoms with Gasteiger partial charge in [0.2, 0.25) is 10.0 Å². The van der Waals surface area contributed by atoms with Crippen LogP contribution in [0.4, 0.5) is 0 Å². The zero-order valence-corrected chi connectivity index (χ0v) is 15.9. The first-order chi connectivity index (χ1) is 12.4. The van der Waals surface area contributed by atoms with Crippen molar-refractivity contribution in [3.8, 4) is 0 Å². The van der Waals surface area contributed by atoms with Gasteiger partial charge in [0.15, 0.2) is 0 Å². The number of nitrogens with one attached hydrogen (secondary N) is 1. The van der Waals surface area contributed by atoms with E-state index in [0.29, 0.717) is 12.1 Å². The molecule has 1 N–H and O–H groups in total. The van der Waals surface area contributed by atoms with Crippen molar-refractivity contribution in [3.05, 3.63) is 77.9 Å². The van der Waals surface area contributed by atoms with Crippen molar-refractivity contribution in [1.29, 1.82) is 0 Å². The number of hydrogen-bond donors (Lipinski definition) is 1. The van der Waals surface area contributed by atoms with E-state index in [-0.39, 0.29) is 17.3 Å². The Labute approximate surface area is 155 Å². The molecule has 26 heavy (non-hydrogen) atoms. The van der Waals surface area contributed by atoms with Gasteiger partial charge in [0, 0.05) is 25.7 Å². The van der Waals surface area contributed by atoms with E-state index in [9.17, 15) is 13.2 Å². The molecular formula is C20H24N2O3S. The third-order valence-electron chi connectivity index (χ3n) is 4.05. The highest BCUT2D eigenvalue weighted by Crippen LogP contribution is 2.18. The maximum absolute atomic E-state index is 12.8. The van der Waals surface area contributed by atoms with Crippen molar-refractivity contribution < 1.29 is 13.2 Å². The number of hydrogen-bond acceptors (Lipinski definition) is 3. The lowest BCUT2D eigenvalue weighted by Gasteiger charge is -2.18. The summed E-state index contributed by atoms with van der Waals surface area (Å²) in [7, 11) is -2.16. The first-order valence-electron chi connectivity index (χ1n) is 8.41. The van der Waals surface area contributed by atoms with Crippen LogP contribution in [0.25, 0.3) is 0 Å². The SMILES string of the molecule is C=CCNC(=O)c1cccc(S(=O)(=O)N(C)Cc2ccc(CC)cc2)c1. The van der Waals surface area contributed by atoms with Crippen LogP contribution < -0.4 is 5.32 Å². The normalized spacial score (nSPS) is 11.3. The predicted octanol–water partition coefficient (Wildman–Crippen LogP) is 2.99. The van der Waals surface area contributed by atoms with Gasteiger partial charge in [0.25, 0.3) is 5.91 Å². The number of benzene rings is 2. The van der Waals surface area contributed by atoms with Gasteiger partial charge >= 0.3 is 0 Å². The fourth-order valence-corrected chi connectivity index (χ4v) is 3.67. The Balaban J connectivity index is 2.19. The number of carbonyl (C=O) groups is 1. The van der Waals surface area contributed by atoms with Gasteiger partial charge in [-0.25, -0.2) is 8.42 Å². The van der Waals surface area contributed by atoms with E-state index >= 15 is 0 Å². The summed E-state index contributed by atoms with van der Waals surface area (Å²) in [6, 6.07) is 13.9. The Bertz CT molecular complexity index is 874. The van der Waals surface area contributed by atoms with Crippen LogP contribution in [0.1, 0.15) is 28.4 Å². The molecule has 2 rings (SSSR count). The highest BCUT2D eigenvalue weighted by Gasteiger charge is 2.22. The Hall–Kier alpha value is -2.44. The molecule has 0 spiro atoms. The summed E-state index contributed by atoms with van der Waals surface area (Å²) >= 11 is 0. The molecule has 0 aliphatic carbocycles. The molecule has 0 saturated heterocycles. The average Bonchev–Trinajstić information content (AvgIpc) is 2.66. The number of sulfonamides is 1. The standard InChI is InChI=1S/C20H24N2O3S/c1-4-13-21-20(23)18-7-6-8-19(14-18)26(24,25)22(3)15-17-11-9-16(5-2)10-12-17/h4,6-12,14H,1,5,13,15H2,2-3H3,(H,21,23). The molecule has 2 aromatic carbocycles. The lowest BCUT2D eigenvalue weighted by molar-refractivity contribution is 0.0958. The minimum absolute atomic E-state index is 0.0939. The van der Waals surface area contributed by atoms with Crippen LogP contribution in [0.3, 0.4) is 0 Å². The Morgan fingerprint density at radius 3 is 2.42 bits per heavy atom. The minimum Gasteiger partial charge on any atom is -0.349 e. The van der Waals surface area contributed by atoms with Gasteiger partial charge in [-0.3, -0.25) is 4.79 Å². The van der Waals surface area contributed by atoms with E-state index < -0.39 is 10.0 Å². The second-order valence-corrected chi connectivity index (χ2v) is 8.00. The van der Waals surface area contributed by atoms with E-state index in [0.717, 1.165) is 12.0 Å². The molecule has 0 atom stereocenters. The molecule has 0 saturated carbocycles. The molecule has 0 radical (unpaired) electrons. The zero-order valence-electron chi connectivity index (χ0n) is 15.1.